The van der Waals surface area contributed by atoms with E-state index in [0.29, 0.717) is 24.1 Å². The molecule has 2 amide bonds. The third kappa shape index (κ3) is 8.22. The quantitative estimate of drug-likeness (QED) is 0.446. The second-order valence-electron chi connectivity index (χ2n) is 11.5. The van der Waals surface area contributed by atoms with Crippen molar-refractivity contribution < 1.29 is 19.4 Å². The van der Waals surface area contributed by atoms with Gasteiger partial charge in [-0.3, -0.25) is 9.69 Å². The van der Waals surface area contributed by atoms with E-state index in [1.807, 2.05) is 93.2 Å². The number of ether oxygens (including phenoxy) is 1. The Kier molecular flexibility index (Phi) is 9.74. The van der Waals surface area contributed by atoms with Gasteiger partial charge in [0.25, 0.3) is 0 Å². The van der Waals surface area contributed by atoms with Crippen LogP contribution in [0, 0.1) is 5.92 Å². The number of hydrogen-bond donors (Lipinski definition) is 3. The molecule has 8 heteroatoms. The summed E-state index contributed by atoms with van der Waals surface area (Å²) in [5.41, 5.74) is 1.57. The molecule has 2 aromatic carbocycles. The smallest absolute Gasteiger partial charge is 0.407 e. The van der Waals surface area contributed by atoms with Gasteiger partial charge < -0.3 is 20.5 Å². The number of thioether (sulfide) groups is 1. The molecule has 4 rings (SSSR count). The van der Waals surface area contributed by atoms with E-state index < -0.39 is 18.2 Å². The van der Waals surface area contributed by atoms with E-state index in [1.165, 1.54) is 0 Å². The van der Waals surface area contributed by atoms with E-state index in [9.17, 15) is 14.7 Å². The van der Waals surface area contributed by atoms with Gasteiger partial charge in [-0.05, 0) is 62.8 Å². The van der Waals surface area contributed by atoms with Crippen LogP contribution in [-0.2, 0) is 22.6 Å². The van der Waals surface area contributed by atoms with Gasteiger partial charge in [0.1, 0.15) is 6.61 Å². The maximum Gasteiger partial charge on any atom is 0.407 e. The molecule has 206 valence electrons. The fraction of sp³-hybridized carbons (Fsp3) is 0.533. The van der Waals surface area contributed by atoms with Crippen molar-refractivity contribution in [2.24, 2.45) is 5.92 Å². The van der Waals surface area contributed by atoms with Gasteiger partial charge in [-0.25, -0.2) is 4.79 Å². The highest BCUT2D eigenvalue weighted by atomic mass is 32.2. The maximum absolute atomic E-state index is 13.3. The molecule has 0 aromatic heterocycles. The van der Waals surface area contributed by atoms with Crippen molar-refractivity contribution in [3.8, 4) is 0 Å². The lowest BCUT2D eigenvalue weighted by Gasteiger charge is -2.43. The lowest BCUT2D eigenvalue weighted by molar-refractivity contribution is -0.130. The second kappa shape index (κ2) is 13.0. The number of piperidine rings is 1. The van der Waals surface area contributed by atoms with E-state index in [2.05, 4.69) is 15.5 Å². The van der Waals surface area contributed by atoms with Crippen molar-refractivity contribution in [3.05, 3.63) is 71.8 Å². The molecule has 0 radical (unpaired) electrons. The number of β-amino-alcohol motifs (C(OH)–C–C–N with tert-alkyl or cyclic N) is 1. The highest BCUT2D eigenvalue weighted by Crippen LogP contribution is 2.40. The van der Waals surface area contributed by atoms with Crippen LogP contribution in [0.4, 0.5) is 4.79 Å². The van der Waals surface area contributed by atoms with Crippen LogP contribution in [0.1, 0.15) is 44.7 Å². The molecule has 0 bridgehead atoms. The maximum atomic E-state index is 13.3. The summed E-state index contributed by atoms with van der Waals surface area (Å²) in [6.45, 7) is 7.19. The number of fused-ring (bicyclic) bond motifs is 1. The number of aliphatic hydroxyl groups is 1. The highest BCUT2D eigenvalue weighted by molar-refractivity contribution is 8.00. The first kappa shape index (κ1) is 28.5. The minimum absolute atomic E-state index is 0.00508. The van der Waals surface area contributed by atoms with Crippen LogP contribution in [0.15, 0.2) is 60.7 Å². The Morgan fingerprint density at radius 1 is 1.08 bits per heavy atom. The number of benzene rings is 2. The molecule has 0 saturated carbocycles. The first-order valence-electron chi connectivity index (χ1n) is 13.5. The van der Waals surface area contributed by atoms with E-state index in [1.54, 1.807) is 0 Å². The van der Waals surface area contributed by atoms with Gasteiger partial charge in [-0.2, -0.15) is 11.8 Å². The van der Waals surface area contributed by atoms with Gasteiger partial charge in [0.05, 0.1) is 18.2 Å². The number of carbonyl (C=O) groups excluding carboxylic acids is 2. The summed E-state index contributed by atoms with van der Waals surface area (Å²) in [6, 6.07) is 18.4. The Bertz CT molecular complexity index is 1050. The van der Waals surface area contributed by atoms with Gasteiger partial charge >= 0.3 is 6.09 Å². The number of alkyl carbamates (subject to hydrolysis) is 1. The van der Waals surface area contributed by atoms with Crippen molar-refractivity contribution in [1.82, 2.24) is 15.5 Å². The molecule has 2 aliphatic rings. The zero-order valence-corrected chi connectivity index (χ0v) is 23.5. The van der Waals surface area contributed by atoms with E-state index in [-0.39, 0.29) is 24.1 Å². The van der Waals surface area contributed by atoms with Gasteiger partial charge in [-0.1, -0.05) is 60.7 Å². The number of aliphatic hydroxyl groups excluding tert-OH is 1. The average molecular weight is 540 g/mol. The minimum Gasteiger partial charge on any atom is -0.445 e. The molecule has 2 aliphatic heterocycles. The fourth-order valence-corrected chi connectivity index (χ4v) is 6.88. The summed E-state index contributed by atoms with van der Waals surface area (Å²) in [6.07, 6.45) is 0.918. The van der Waals surface area contributed by atoms with Gasteiger partial charge in [0.2, 0.25) is 5.91 Å². The predicted octanol–water partition coefficient (Wildman–Crippen LogP) is 4.00. The lowest BCUT2D eigenvalue weighted by Crippen LogP contribution is -2.60. The van der Waals surface area contributed by atoms with Crippen molar-refractivity contribution >= 4 is 23.8 Å². The molecule has 2 fully saturated rings. The van der Waals surface area contributed by atoms with Crippen molar-refractivity contribution in [2.45, 2.75) is 75.6 Å². The van der Waals surface area contributed by atoms with Gasteiger partial charge in [0.15, 0.2) is 0 Å². The first-order valence-corrected chi connectivity index (χ1v) is 14.6. The Hall–Kier alpha value is -2.55. The number of hydrogen-bond acceptors (Lipinski definition) is 6. The summed E-state index contributed by atoms with van der Waals surface area (Å²) < 4.78 is 5.47. The summed E-state index contributed by atoms with van der Waals surface area (Å²) in [4.78, 5) is 28.2. The molecule has 7 nitrogen and oxygen atoms in total. The molecule has 2 aromatic rings. The Morgan fingerprint density at radius 3 is 2.39 bits per heavy atom. The van der Waals surface area contributed by atoms with Crippen molar-refractivity contribution in [2.75, 3.05) is 18.8 Å². The topological polar surface area (TPSA) is 90.9 Å². The monoisotopic (exact) mass is 539 g/mol. The fourth-order valence-electron chi connectivity index (χ4n) is 5.32. The molecule has 5 atom stereocenters. The highest BCUT2D eigenvalue weighted by Gasteiger charge is 2.43. The normalized spacial score (nSPS) is 23.2. The van der Waals surface area contributed by atoms with Crippen LogP contribution >= 0.6 is 11.8 Å². The van der Waals surface area contributed by atoms with Crippen LogP contribution in [0.2, 0.25) is 0 Å². The third-order valence-corrected chi connectivity index (χ3v) is 8.69. The Balaban J connectivity index is 1.46. The number of likely N-dealkylation sites (tertiary alicyclic amines) is 1. The molecular weight excluding hydrogens is 498 g/mol. The molecule has 2 saturated heterocycles. The molecule has 38 heavy (non-hydrogen) atoms. The van der Waals surface area contributed by atoms with Crippen LogP contribution in [0.5, 0.6) is 0 Å². The Morgan fingerprint density at radius 2 is 1.74 bits per heavy atom. The van der Waals surface area contributed by atoms with Gasteiger partial charge in [-0.15, -0.1) is 0 Å². The summed E-state index contributed by atoms with van der Waals surface area (Å²) in [7, 11) is 0. The van der Waals surface area contributed by atoms with Crippen LogP contribution < -0.4 is 10.6 Å². The second-order valence-corrected chi connectivity index (χ2v) is 12.8. The zero-order valence-electron chi connectivity index (χ0n) is 22.6. The van der Waals surface area contributed by atoms with Crippen LogP contribution in [0.3, 0.4) is 0 Å². The SMILES string of the molecule is CC(C)(C)NC(=O)[C@@H]1C[C@@H]2SCC[C@@H]2CN1C[C@@H](O)[C@H](Cc1ccccc1)NC(=O)OCc1ccccc1. The largest absolute Gasteiger partial charge is 0.445 e. The summed E-state index contributed by atoms with van der Waals surface area (Å²) in [5, 5.41) is 18.0. The molecule has 2 heterocycles. The zero-order chi connectivity index (χ0) is 27.1. The van der Waals surface area contributed by atoms with E-state index in [4.69, 9.17) is 4.74 Å². The summed E-state index contributed by atoms with van der Waals surface area (Å²) >= 11 is 1.96. The molecule has 0 aliphatic carbocycles. The number of rotatable bonds is 9. The average Bonchev–Trinajstić information content (AvgIpc) is 3.34. The minimum atomic E-state index is -0.880. The van der Waals surface area contributed by atoms with E-state index >= 15 is 0 Å². The van der Waals surface area contributed by atoms with Gasteiger partial charge in [0, 0.05) is 23.9 Å². The number of amides is 2. The predicted molar refractivity (Wildman–Crippen MR) is 152 cm³/mol. The third-order valence-electron chi connectivity index (χ3n) is 7.21. The molecule has 3 N–H and O–H groups in total. The molecule has 0 unspecified atom stereocenters. The standard InChI is InChI=1S/C30H41N3O4S/c1-30(2,3)32-28(35)25-17-27-23(14-15-38-27)18-33(25)19-26(34)24(16-21-10-6-4-7-11-21)31-29(36)37-20-22-12-8-5-9-13-22/h4-13,23-27,34H,14-20H2,1-3H3,(H,31,36)(H,32,35)/t23-,24+,25+,26-,27+/m1/s1. The lowest BCUT2D eigenvalue weighted by atomic mass is 9.89. The Labute approximate surface area is 230 Å². The number of carbonyl (C=O) groups is 2. The molecular formula is C30H41N3O4S. The molecule has 0 spiro atoms. The first-order chi connectivity index (χ1) is 18.2. The van der Waals surface area contributed by atoms with Crippen molar-refractivity contribution in [1.29, 1.82) is 0 Å². The van der Waals surface area contributed by atoms with Crippen LogP contribution in [0.25, 0.3) is 0 Å². The van der Waals surface area contributed by atoms with Crippen LogP contribution in [-0.4, -0.2) is 69.8 Å². The van der Waals surface area contributed by atoms with Crippen molar-refractivity contribution in [3.63, 3.8) is 0 Å². The van der Waals surface area contributed by atoms with E-state index in [0.717, 1.165) is 36.3 Å². The summed E-state index contributed by atoms with van der Waals surface area (Å²) in [5.74, 6) is 1.64. The number of nitrogens with one attached hydrogen (secondary N) is 2. The number of nitrogens with zero attached hydrogens (tertiary/aromatic N) is 1.